The molecule has 0 aliphatic heterocycles. The van der Waals surface area contributed by atoms with Crippen LogP contribution >= 0.6 is 0 Å². The smallest absolute Gasteiger partial charge is 0 e. The SMILES string of the molecule is CC(=O)c1cccc2c1ccn2[Si](C(C)C)(C(C)C)C(C)C.[C-]#[O+].[C-]#[O+].[C-]#[O+].[Cr]. The maximum Gasteiger partial charge on any atom is 0 e. The number of benzene rings is 1. The molecule has 5 nitrogen and oxygen atoms in total. The predicted molar refractivity (Wildman–Crippen MR) is 110 cm³/mol. The summed E-state index contributed by atoms with van der Waals surface area (Å²) in [5.41, 5.74) is 4.00. The van der Waals surface area contributed by atoms with Gasteiger partial charge >= 0.3 is 33.9 Å². The Labute approximate surface area is 186 Å². The number of aromatic nitrogens is 1. The van der Waals surface area contributed by atoms with Crippen molar-refractivity contribution in [3.63, 3.8) is 0 Å². The minimum absolute atomic E-state index is 0. The largest absolute Gasteiger partial charge is 0 e. The molecule has 29 heavy (non-hydrogen) atoms. The number of hydrogen-bond donors (Lipinski definition) is 0. The van der Waals surface area contributed by atoms with E-state index in [-0.39, 0.29) is 23.1 Å². The van der Waals surface area contributed by atoms with Gasteiger partial charge in [-0.25, -0.2) is 0 Å². The maximum absolute atomic E-state index is 11.9. The topological polar surface area (TPSA) is 81.7 Å². The van der Waals surface area contributed by atoms with E-state index in [0.29, 0.717) is 16.6 Å². The average Bonchev–Trinajstić information content (AvgIpc) is 3.10. The van der Waals surface area contributed by atoms with Crippen molar-refractivity contribution >= 4 is 24.9 Å². The number of fused-ring (bicyclic) bond motifs is 1. The zero-order valence-corrected chi connectivity index (χ0v) is 20.4. The first-order valence-corrected chi connectivity index (χ1v) is 11.1. The third kappa shape index (κ3) is 6.44. The summed E-state index contributed by atoms with van der Waals surface area (Å²) >= 11 is 0. The van der Waals surface area contributed by atoms with E-state index in [9.17, 15) is 4.79 Å². The van der Waals surface area contributed by atoms with Gasteiger partial charge in [-0.3, -0.25) is 4.79 Å². The Kier molecular flexibility index (Phi) is 16.9. The van der Waals surface area contributed by atoms with Crippen molar-refractivity contribution in [2.45, 2.75) is 65.1 Å². The summed E-state index contributed by atoms with van der Waals surface area (Å²) < 4.78 is 25.1. The van der Waals surface area contributed by atoms with Crippen LogP contribution in [-0.4, -0.2) is 18.3 Å². The first-order valence-electron chi connectivity index (χ1n) is 8.97. The number of ketones is 1. The molecule has 0 saturated heterocycles. The van der Waals surface area contributed by atoms with E-state index in [1.807, 2.05) is 12.1 Å². The van der Waals surface area contributed by atoms with Crippen LogP contribution in [0.1, 0.15) is 58.8 Å². The van der Waals surface area contributed by atoms with Crippen LogP contribution in [0, 0.1) is 20.0 Å². The second-order valence-electron chi connectivity index (χ2n) is 7.33. The Balaban J connectivity index is -0.000000883. The van der Waals surface area contributed by atoms with Gasteiger partial charge in [-0.05, 0) is 41.9 Å². The van der Waals surface area contributed by atoms with Gasteiger partial charge in [-0.2, -0.15) is 0 Å². The molecule has 1 heterocycles. The Morgan fingerprint density at radius 2 is 1.28 bits per heavy atom. The van der Waals surface area contributed by atoms with Crippen LogP contribution in [0.2, 0.25) is 16.6 Å². The molecule has 1 aromatic heterocycles. The molecule has 0 amide bonds. The van der Waals surface area contributed by atoms with Crippen molar-refractivity contribution < 1.29 is 36.1 Å². The van der Waals surface area contributed by atoms with Gasteiger partial charge < -0.3 is 4.23 Å². The van der Waals surface area contributed by atoms with Gasteiger partial charge in [0.15, 0.2) is 14.0 Å². The molecule has 0 spiro atoms. The molecule has 0 aliphatic rings. The van der Waals surface area contributed by atoms with Crippen molar-refractivity contribution in [1.82, 2.24) is 4.23 Å². The molecule has 0 unspecified atom stereocenters. The summed E-state index contributed by atoms with van der Waals surface area (Å²) in [5, 5.41) is 1.11. The maximum atomic E-state index is 11.9. The van der Waals surface area contributed by atoms with Crippen LogP contribution in [0.3, 0.4) is 0 Å². The number of Topliss-reactive ketones (excluding diaryl/α,β-unsaturated/α-hetero) is 1. The van der Waals surface area contributed by atoms with Crippen LogP contribution in [0.25, 0.3) is 10.9 Å². The van der Waals surface area contributed by atoms with E-state index in [0.717, 1.165) is 10.9 Å². The fourth-order valence-electron chi connectivity index (χ4n) is 4.65. The minimum atomic E-state index is -1.77. The third-order valence-corrected chi connectivity index (χ3v) is 12.1. The number of rotatable bonds is 5. The minimum Gasteiger partial charge on any atom is 0 e. The predicted octanol–water partition coefficient (Wildman–Crippen LogP) is 5.75. The van der Waals surface area contributed by atoms with Crippen LogP contribution in [0.5, 0.6) is 0 Å². The van der Waals surface area contributed by atoms with Gasteiger partial charge in [-0.1, -0.05) is 53.7 Å². The molecule has 156 valence electrons. The van der Waals surface area contributed by atoms with E-state index < -0.39 is 8.24 Å². The molecular weight excluding hydrogens is 422 g/mol. The number of nitrogens with zero attached hydrogens (tertiary/aromatic N) is 1. The van der Waals surface area contributed by atoms with Gasteiger partial charge in [0, 0.05) is 33.8 Å². The van der Waals surface area contributed by atoms with Gasteiger partial charge in [0.05, 0.1) is 0 Å². The second kappa shape index (κ2) is 15.3. The molecule has 2 rings (SSSR count). The summed E-state index contributed by atoms with van der Waals surface area (Å²) in [4.78, 5) is 11.9. The Bertz CT molecular complexity index is 783. The summed E-state index contributed by atoms with van der Waals surface area (Å²) in [7, 11) is -1.77. The molecule has 7 heteroatoms. The zero-order chi connectivity index (χ0) is 22.7. The van der Waals surface area contributed by atoms with Crippen molar-refractivity contribution in [1.29, 1.82) is 0 Å². The number of carbonyl (C=O) groups is 1. The Hall–Kier alpha value is -1.60. The molecule has 2 aromatic rings. The Morgan fingerprint density at radius 1 is 0.862 bits per heavy atom. The Morgan fingerprint density at radius 3 is 1.62 bits per heavy atom. The quantitative estimate of drug-likeness (QED) is 0.246. The van der Waals surface area contributed by atoms with E-state index in [1.165, 1.54) is 5.52 Å². The van der Waals surface area contributed by atoms with Gasteiger partial charge in [0.1, 0.15) is 0 Å². The summed E-state index contributed by atoms with van der Waals surface area (Å²) in [6.07, 6.45) is 2.24. The summed E-state index contributed by atoms with van der Waals surface area (Å²) in [6, 6.07) is 8.28. The van der Waals surface area contributed by atoms with E-state index in [1.54, 1.807) is 6.92 Å². The number of carbonyl (C=O) groups excluding carboxylic acids is 1. The van der Waals surface area contributed by atoms with E-state index in [2.05, 4.69) is 84.1 Å². The molecule has 1 aromatic carbocycles. The first-order chi connectivity index (χ1) is 13.2. The molecule has 0 bridgehead atoms. The van der Waals surface area contributed by atoms with Crippen molar-refractivity contribution in [2.75, 3.05) is 0 Å². The van der Waals surface area contributed by atoms with E-state index >= 15 is 0 Å². The summed E-state index contributed by atoms with van der Waals surface area (Å²) in [6.45, 7) is 29.4. The first kappa shape index (κ1) is 32.1. The van der Waals surface area contributed by atoms with Crippen LogP contribution < -0.4 is 0 Å². The fourth-order valence-corrected chi connectivity index (χ4v) is 11.3. The molecule has 0 atom stereocenters. The van der Waals surface area contributed by atoms with Gasteiger partial charge in [-0.15, -0.1) is 0 Å². The van der Waals surface area contributed by atoms with Gasteiger partial charge in [0.25, 0.3) is 0 Å². The average molecular weight is 452 g/mol. The van der Waals surface area contributed by atoms with Crippen molar-refractivity contribution in [2.24, 2.45) is 0 Å². The van der Waals surface area contributed by atoms with E-state index in [4.69, 9.17) is 14.0 Å². The molecule has 0 N–H and O–H groups in total. The third-order valence-electron chi connectivity index (χ3n) is 5.30. The van der Waals surface area contributed by atoms with Crippen LogP contribution in [-0.2, 0) is 31.3 Å². The molecule has 0 saturated carbocycles. The molecule has 0 fully saturated rings. The van der Waals surface area contributed by atoms with Crippen LogP contribution in [0.15, 0.2) is 30.5 Å². The fraction of sp³-hybridized carbons (Fsp3) is 0.455. The summed E-state index contributed by atoms with van der Waals surface area (Å²) in [5.74, 6) is 0.147. The van der Waals surface area contributed by atoms with Crippen molar-refractivity contribution in [3.8, 4) is 0 Å². The zero-order valence-electron chi connectivity index (χ0n) is 18.1. The number of hydrogen-bond acceptors (Lipinski definition) is 1. The van der Waals surface area contributed by atoms with Crippen molar-refractivity contribution in [3.05, 3.63) is 56.0 Å². The molecule has 0 aliphatic carbocycles. The molecule has 0 radical (unpaired) electrons. The van der Waals surface area contributed by atoms with Crippen LogP contribution in [0.4, 0.5) is 0 Å². The van der Waals surface area contributed by atoms with Gasteiger partial charge in [0.2, 0.25) is 0 Å². The standard InChI is InChI=1S/C19H29NOSi.3CO.Cr/c1-13(2)22(14(3)4,15(5)6)20-12-11-18-17(16(7)21)9-8-10-19(18)20;3*1-2;/h8-15H,1-7H3;;;;. The normalized spacial score (nSPS) is 9.93. The molecular formula is C22H29CrNO4Si. The monoisotopic (exact) mass is 451 g/mol. The second-order valence-corrected chi connectivity index (χ2v) is 13.1.